The molecule has 0 saturated heterocycles. The molecule has 0 radical (unpaired) electrons. The standard InChI is InChI=1S/C18H35N3O5S11/c1-19-9-37(24)17-35-15-33-13-32-14-34-16-36-18(23)21-8-29-11-31-12-30-10-28-7-20-6-26-25-3-5-27-4-2-22/h6,9,22H,2-5,7-8,10-17H2,1H3,(H,21,23). The van der Waals surface area contributed by atoms with Crippen LogP contribution in [0.1, 0.15) is 0 Å². The Hall–Kier alpha value is 2.18. The number of aliphatic hydroxyl groups excluding tert-OH is 1. The molecule has 0 aromatic carbocycles. The zero-order chi connectivity index (χ0) is 27.1. The fraction of sp³-hybridized carbons (Fsp3) is 0.833. The number of rotatable bonds is 28. The zero-order valence-corrected chi connectivity index (χ0v) is 29.5. The number of hydrogen-bond acceptors (Lipinski definition) is 17. The van der Waals surface area contributed by atoms with Gasteiger partial charge in [-0.25, -0.2) is 4.99 Å². The Bertz CT molecular complexity index is 598. The molecule has 0 aliphatic carbocycles. The van der Waals surface area contributed by atoms with Gasteiger partial charge in [0.1, 0.15) is 6.61 Å². The minimum absolute atomic E-state index is 0.0330. The minimum Gasteiger partial charge on any atom is -0.396 e. The van der Waals surface area contributed by atoms with Crippen molar-refractivity contribution in [2.24, 2.45) is 9.98 Å². The molecule has 0 spiro atoms. The van der Waals surface area contributed by atoms with Crippen LogP contribution in [-0.4, -0.2) is 111 Å². The summed E-state index contributed by atoms with van der Waals surface area (Å²) in [6, 6.07) is 0. The average molecular weight is 726 g/mol. The van der Waals surface area contributed by atoms with Crippen LogP contribution in [0, 0.1) is 0 Å². The Kier molecular flexibility index (Phi) is 36.4. The van der Waals surface area contributed by atoms with Gasteiger partial charge in [0.2, 0.25) is 6.40 Å². The van der Waals surface area contributed by atoms with Gasteiger partial charge in [-0.3, -0.25) is 14.0 Å². The highest BCUT2D eigenvalue weighted by Crippen LogP contribution is 2.24. The summed E-state index contributed by atoms with van der Waals surface area (Å²) < 4.78 is 11.4. The van der Waals surface area contributed by atoms with E-state index < -0.39 is 10.8 Å². The second-order valence-corrected chi connectivity index (χ2v) is 20.0. The highest BCUT2D eigenvalue weighted by Gasteiger charge is 2.02. The largest absolute Gasteiger partial charge is 0.396 e. The van der Waals surface area contributed by atoms with Gasteiger partial charge in [0.25, 0.3) is 5.24 Å². The van der Waals surface area contributed by atoms with Crippen LogP contribution in [-0.2, 0) is 20.6 Å². The van der Waals surface area contributed by atoms with Gasteiger partial charge in [0, 0.05) is 54.1 Å². The molecule has 2 N–H and O–H groups in total. The molecule has 0 bridgehead atoms. The van der Waals surface area contributed by atoms with Crippen molar-refractivity contribution in [3.05, 3.63) is 0 Å². The summed E-state index contributed by atoms with van der Waals surface area (Å²) in [6.45, 7) is 0.653. The van der Waals surface area contributed by atoms with E-state index in [1.54, 1.807) is 65.9 Å². The van der Waals surface area contributed by atoms with Crippen molar-refractivity contribution >= 4 is 146 Å². The highest BCUT2D eigenvalue weighted by molar-refractivity contribution is 8.30. The summed E-state index contributed by atoms with van der Waals surface area (Å²) in [6.07, 6.45) is 1.32. The molecule has 8 nitrogen and oxygen atoms in total. The van der Waals surface area contributed by atoms with Gasteiger partial charge in [0.05, 0.1) is 39.8 Å². The number of carbonyl (C=O) groups is 1. The van der Waals surface area contributed by atoms with E-state index in [0.29, 0.717) is 29.2 Å². The van der Waals surface area contributed by atoms with Crippen LogP contribution >= 0.6 is 118 Å². The second kappa shape index (κ2) is 34.4. The van der Waals surface area contributed by atoms with Crippen molar-refractivity contribution in [2.45, 2.75) is 0 Å². The Balaban J connectivity index is 3.23. The van der Waals surface area contributed by atoms with Gasteiger partial charge in [-0.15, -0.1) is 94.1 Å². The topological polar surface area (TPSA) is 110 Å². The van der Waals surface area contributed by atoms with E-state index in [0.717, 1.165) is 41.3 Å². The van der Waals surface area contributed by atoms with Gasteiger partial charge in [0.15, 0.2) is 0 Å². The number of aliphatic hydroxyl groups is 1. The molecule has 0 fully saturated rings. The normalized spacial score (nSPS) is 12.5. The van der Waals surface area contributed by atoms with Crippen molar-refractivity contribution in [1.29, 1.82) is 0 Å². The van der Waals surface area contributed by atoms with Crippen LogP contribution in [0.5, 0.6) is 0 Å². The van der Waals surface area contributed by atoms with Crippen LogP contribution in [0.25, 0.3) is 0 Å². The number of amides is 1. The summed E-state index contributed by atoms with van der Waals surface area (Å²) in [7, 11) is 0.677. The SMILES string of the molecule is CN=CS(=O)CSCSCSCSCSC(=O)NCSCSCSCSCN=COOCCSCCO. The van der Waals surface area contributed by atoms with Crippen LogP contribution < -0.4 is 5.32 Å². The quantitative estimate of drug-likeness (QED) is 0.0246. The maximum Gasteiger partial charge on any atom is 0.280 e. The number of hydrogen-bond donors (Lipinski definition) is 2. The molecule has 37 heavy (non-hydrogen) atoms. The van der Waals surface area contributed by atoms with Gasteiger partial charge >= 0.3 is 0 Å². The molecule has 0 rings (SSSR count). The molecule has 0 heterocycles. The van der Waals surface area contributed by atoms with Crippen molar-refractivity contribution in [1.82, 2.24) is 5.32 Å². The Morgan fingerprint density at radius 3 is 2.24 bits per heavy atom. The van der Waals surface area contributed by atoms with E-state index in [1.807, 2.05) is 47.0 Å². The lowest BCUT2D eigenvalue weighted by atomic mass is 10.9. The number of nitrogens with one attached hydrogen (secondary N) is 1. The van der Waals surface area contributed by atoms with Crippen LogP contribution in [0.15, 0.2) is 9.98 Å². The van der Waals surface area contributed by atoms with E-state index in [4.69, 9.17) is 14.9 Å². The van der Waals surface area contributed by atoms with E-state index >= 15 is 0 Å². The van der Waals surface area contributed by atoms with Crippen molar-refractivity contribution in [2.75, 3.05) is 84.2 Å². The maximum absolute atomic E-state index is 11.8. The molecule has 0 saturated carbocycles. The Morgan fingerprint density at radius 1 is 0.892 bits per heavy atom. The van der Waals surface area contributed by atoms with Crippen molar-refractivity contribution in [3.8, 4) is 0 Å². The third-order valence-corrected chi connectivity index (χ3v) is 16.1. The first-order chi connectivity index (χ1) is 18.2. The molecular weight excluding hydrogens is 691 g/mol. The summed E-state index contributed by atoms with van der Waals surface area (Å²) in [5, 5.41) is 18.8. The third kappa shape index (κ3) is 34.3. The third-order valence-electron chi connectivity index (χ3n) is 2.91. The van der Waals surface area contributed by atoms with Gasteiger partial charge in [-0.2, -0.15) is 16.6 Å². The second-order valence-electron chi connectivity index (χ2n) is 5.74. The van der Waals surface area contributed by atoms with E-state index in [9.17, 15) is 9.00 Å². The van der Waals surface area contributed by atoms with E-state index in [2.05, 4.69) is 15.3 Å². The molecule has 218 valence electrons. The first kappa shape index (κ1) is 39.2. The molecule has 19 heteroatoms. The summed E-state index contributed by atoms with van der Waals surface area (Å²) in [5.74, 6) is 2.76. The number of thioether (sulfide) groups is 10. The fourth-order valence-electron chi connectivity index (χ4n) is 1.57. The molecule has 1 unspecified atom stereocenters. The number of nitrogens with zero attached hydrogens (tertiary/aromatic N) is 2. The zero-order valence-electron chi connectivity index (χ0n) is 20.5. The lowest BCUT2D eigenvalue weighted by Crippen LogP contribution is -2.17. The molecule has 0 aromatic rings. The average Bonchev–Trinajstić information content (AvgIpc) is 2.89. The van der Waals surface area contributed by atoms with E-state index in [1.165, 1.54) is 23.7 Å². The Morgan fingerprint density at radius 2 is 1.54 bits per heavy atom. The van der Waals surface area contributed by atoms with Crippen LogP contribution in [0.2, 0.25) is 0 Å². The van der Waals surface area contributed by atoms with Gasteiger partial charge in [-0.1, -0.05) is 11.8 Å². The number of carbonyl (C=O) groups excluding carboxylic acids is 1. The lowest BCUT2D eigenvalue weighted by Gasteiger charge is -2.05. The molecule has 0 aliphatic heterocycles. The summed E-state index contributed by atoms with van der Waals surface area (Å²) in [5.41, 5.74) is 1.48. The molecular formula is C18H35N3O5S11. The van der Waals surface area contributed by atoms with Gasteiger partial charge in [-0.05, 0) is 0 Å². The number of aliphatic imine (C=N–C) groups is 2. The molecule has 1 atom stereocenters. The molecule has 1 amide bonds. The van der Waals surface area contributed by atoms with Crippen LogP contribution in [0.4, 0.5) is 4.79 Å². The highest BCUT2D eigenvalue weighted by atomic mass is 32.3. The summed E-state index contributed by atoms with van der Waals surface area (Å²) in [4.78, 5) is 29.5. The lowest BCUT2D eigenvalue weighted by molar-refractivity contribution is -0.210. The smallest absolute Gasteiger partial charge is 0.280 e. The molecule has 0 aromatic heterocycles. The Labute approximate surface area is 266 Å². The van der Waals surface area contributed by atoms with Crippen molar-refractivity contribution in [3.63, 3.8) is 0 Å². The van der Waals surface area contributed by atoms with Crippen LogP contribution in [0.3, 0.4) is 0 Å². The predicted octanol–water partition coefficient (Wildman–Crippen LogP) is 5.98. The predicted molar refractivity (Wildman–Crippen MR) is 188 cm³/mol. The van der Waals surface area contributed by atoms with E-state index in [-0.39, 0.29) is 11.8 Å². The summed E-state index contributed by atoms with van der Waals surface area (Å²) >= 11 is 17.2. The maximum atomic E-state index is 11.8. The van der Waals surface area contributed by atoms with Gasteiger partial charge < -0.3 is 15.3 Å². The minimum atomic E-state index is -0.958. The first-order valence-corrected chi connectivity index (χ1v) is 23.2. The van der Waals surface area contributed by atoms with Crippen molar-refractivity contribution < 1.29 is 23.9 Å². The fourth-order valence-corrected chi connectivity index (χ4v) is 13.4. The molecule has 0 aliphatic rings. The first-order valence-electron chi connectivity index (χ1n) is 10.5. The monoisotopic (exact) mass is 725 g/mol.